The molecule has 1 aromatic carbocycles. The lowest BCUT2D eigenvalue weighted by Crippen LogP contribution is -2.22. The molecular formula is C22H25N3O2S2. The lowest BCUT2D eigenvalue weighted by molar-refractivity contribution is -0.116. The van der Waals surface area contributed by atoms with Gasteiger partial charge in [0, 0.05) is 34.6 Å². The summed E-state index contributed by atoms with van der Waals surface area (Å²) in [5.74, 6) is 0.640. The summed E-state index contributed by atoms with van der Waals surface area (Å²) in [4.78, 5) is 21.0. The second kappa shape index (κ2) is 10.9. The quantitative estimate of drug-likeness (QED) is 0.367. The number of unbranched alkanes of at least 4 members (excludes halogenated alkanes) is 1. The van der Waals surface area contributed by atoms with Crippen LogP contribution in [0.25, 0.3) is 6.08 Å². The Balaban J connectivity index is 1.42. The fourth-order valence-corrected chi connectivity index (χ4v) is 4.15. The number of nitrogens with zero attached hydrogens (tertiary/aromatic N) is 2. The first kappa shape index (κ1) is 21.2. The number of carbonyl (C=O) groups excluding carboxylic acids is 1. The molecule has 29 heavy (non-hydrogen) atoms. The topological polar surface area (TPSA) is 64.1 Å². The third-order valence-electron chi connectivity index (χ3n) is 4.16. The van der Waals surface area contributed by atoms with E-state index in [0.717, 1.165) is 52.0 Å². The highest BCUT2D eigenvalue weighted by Crippen LogP contribution is 2.21. The Labute approximate surface area is 179 Å². The molecule has 0 radical (unpaired) electrons. The summed E-state index contributed by atoms with van der Waals surface area (Å²) in [6.07, 6.45) is 6.26. The molecule has 3 aromatic rings. The van der Waals surface area contributed by atoms with Crippen molar-refractivity contribution in [1.82, 2.24) is 15.3 Å². The van der Waals surface area contributed by atoms with E-state index in [4.69, 9.17) is 4.74 Å². The van der Waals surface area contributed by atoms with Gasteiger partial charge in [-0.3, -0.25) is 4.79 Å². The van der Waals surface area contributed by atoms with Crippen LogP contribution < -0.4 is 10.1 Å². The summed E-state index contributed by atoms with van der Waals surface area (Å²) in [6, 6.07) is 7.68. The third-order valence-corrected chi connectivity index (χ3v) is 6.01. The van der Waals surface area contributed by atoms with E-state index >= 15 is 0 Å². The van der Waals surface area contributed by atoms with Crippen LogP contribution in [0.1, 0.15) is 39.8 Å². The van der Waals surface area contributed by atoms with Gasteiger partial charge in [-0.05, 0) is 45.3 Å². The average molecular weight is 428 g/mol. The SMILES string of the molecule is Cc1csc(CCCCNC(=O)/C=C/c2ccccc2OCc2csc(C)n2)n1. The standard InChI is InChI=1S/C22H25N3O2S2/c1-16-14-29-22(24-16)9-5-6-12-23-21(26)11-10-18-7-3-4-8-20(18)27-13-19-15-28-17(2)25-19/h3-4,7-8,10-11,14-15H,5-6,9,12-13H2,1-2H3,(H,23,26)/b11-10+. The molecule has 0 aliphatic rings. The minimum atomic E-state index is -0.0972. The molecule has 0 fully saturated rings. The molecule has 0 unspecified atom stereocenters. The molecule has 2 heterocycles. The van der Waals surface area contributed by atoms with E-state index in [1.807, 2.05) is 43.5 Å². The van der Waals surface area contributed by atoms with Gasteiger partial charge in [-0.2, -0.15) is 0 Å². The molecule has 0 atom stereocenters. The average Bonchev–Trinajstić information content (AvgIpc) is 3.33. The zero-order chi connectivity index (χ0) is 20.5. The Bertz CT molecular complexity index is 962. The van der Waals surface area contributed by atoms with E-state index in [0.29, 0.717) is 13.2 Å². The van der Waals surface area contributed by atoms with Crippen LogP contribution in [-0.4, -0.2) is 22.4 Å². The van der Waals surface area contributed by atoms with Gasteiger partial charge in [-0.15, -0.1) is 22.7 Å². The van der Waals surface area contributed by atoms with Gasteiger partial charge in [0.05, 0.1) is 15.7 Å². The maximum atomic E-state index is 12.1. The summed E-state index contributed by atoms with van der Waals surface area (Å²) < 4.78 is 5.88. The Morgan fingerprint density at radius 1 is 1.14 bits per heavy atom. The Kier molecular flexibility index (Phi) is 7.95. The first-order valence-corrected chi connectivity index (χ1v) is 11.4. The highest BCUT2D eigenvalue weighted by molar-refractivity contribution is 7.09. The Hall–Kier alpha value is -2.51. The van der Waals surface area contributed by atoms with Crippen LogP contribution in [0.2, 0.25) is 0 Å². The summed E-state index contributed by atoms with van der Waals surface area (Å²) in [5, 5.41) is 9.19. The van der Waals surface area contributed by atoms with Gasteiger partial charge in [-0.1, -0.05) is 18.2 Å². The number of aryl methyl sites for hydroxylation is 3. The minimum Gasteiger partial charge on any atom is -0.487 e. The summed E-state index contributed by atoms with van der Waals surface area (Å²) >= 11 is 3.31. The number of thiazole rings is 2. The van der Waals surface area contributed by atoms with Crippen molar-refractivity contribution in [3.05, 3.63) is 68.1 Å². The summed E-state index contributed by atoms with van der Waals surface area (Å²) in [5.41, 5.74) is 2.86. The number of nitrogens with one attached hydrogen (secondary N) is 1. The normalized spacial score (nSPS) is 11.1. The largest absolute Gasteiger partial charge is 0.487 e. The van der Waals surface area contributed by atoms with Crippen molar-refractivity contribution in [2.75, 3.05) is 6.54 Å². The van der Waals surface area contributed by atoms with Gasteiger partial charge in [0.2, 0.25) is 5.91 Å². The van der Waals surface area contributed by atoms with Crippen LogP contribution in [0.4, 0.5) is 0 Å². The van der Waals surface area contributed by atoms with E-state index in [2.05, 4.69) is 20.7 Å². The van der Waals surface area contributed by atoms with Crippen LogP contribution in [0.3, 0.4) is 0 Å². The van der Waals surface area contributed by atoms with Crippen LogP contribution in [0, 0.1) is 13.8 Å². The van der Waals surface area contributed by atoms with Gasteiger partial charge >= 0.3 is 0 Å². The molecule has 3 rings (SSSR count). The second-order valence-corrected chi connectivity index (χ2v) is 8.65. The molecule has 2 aromatic heterocycles. The van der Waals surface area contributed by atoms with Crippen molar-refractivity contribution < 1.29 is 9.53 Å². The molecule has 5 nitrogen and oxygen atoms in total. The van der Waals surface area contributed by atoms with Crippen molar-refractivity contribution in [3.63, 3.8) is 0 Å². The predicted molar refractivity (Wildman–Crippen MR) is 119 cm³/mol. The lowest BCUT2D eigenvalue weighted by atomic mass is 10.2. The molecule has 7 heteroatoms. The zero-order valence-electron chi connectivity index (χ0n) is 16.7. The maximum Gasteiger partial charge on any atom is 0.244 e. The van der Waals surface area contributed by atoms with Gasteiger partial charge in [0.25, 0.3) is 0 Å². The molecule has 0 aliphatic carbocycles. The van der Waals surface area contributed by atoms with E-state index in [1.54, 1.807) is 34.8 Å². The van der Waals surface area contributed by atoms with Crippen LogP contribution in [0.5, 0.6) is 5.75 Å². The third kappa shape index (κ3) is 7.11. The molecule has 0 saturated heterocycles. The number of aromatic nitrogens is 2. The highest BCUT2D eigenvalue weighted by Gasteiger charge is 2.04. The number of para-hydroxylation sites is 1. The van der Waals surface area contributed by atoms with Crippen LogP contribution in [0.15, 0.2) is 41.1 Å². The predicted octanol–water partition coefficient (Wildman–Crippen LogP) is 4.95. The Morgan fingerprint density at radius 2 is 2.00 bits per heavy atom. The zero-order valence-corrected chi connectivity index (χ0v) is 18.3. The number of carbonyl (C=O) groups is 1. The van der Waals surface area contributed by atoms with Crippen molar-refractivity contribution in [2.24, 2.45) is 0 Å². The molecule has 0 saturated carbocycles. The van der Waals surface area contributed by atoms with Crippen LogP contribution in [-0.2, 0) is 17.8 Å². The van der Waals surface area contributed by atoms with Gasteiger partial charge < -0.3 is 10.1 Å². The van der Waals surface area contributed by atoms with Crippen molar-refractivity contribution in [3.8, 4) is 5.75 Å². The van der Waals surface area contributed by atoms with Gasteiger partial charge in [0.15, 0.2) is 0 Å². The monoisotopic (exact) mass is 427 g/mol. The lowest BCUT2D eigenvalue weighted by Gasteiger charge is -2.08. The van der Waals surface area contributed by atoms with E-state index in [9.17, 15) is 4.79 Å². The molecule has 1 N–H and O–H groups in total. The molecular weight excluding hydrogens is 402 g/mol. The van der Waals surface area contributed by atoms with Gasteiger partial charge in [0.1, 0.15) is 12.4 Å². The van der Waals surface area contributed by atoms with Gasteiger partial charge in [-0.25, -0.2) is 9.97 Å². The molecule has 0 spiro atoms. The highest BCUT2D eigenvalue weighted by atomic mass is 32.1. The minimum absolute atomic E-state index is 0.0972. The molecule has 152 valence electrons. The van der Waals surface area contributed by atoms with E-state index in [-0.39, 0.29) is 5.91 Å². The first-order valence-electron chi connectivity index (χ1n) is 9.60. The number of rotatable bonds is 10. The van der Waals surface area contributed by atoms with Crippen molar-refractivity contribution in [1.29, 1.82) is 0 Å². The number of benzene rings is 1. The smallest absolute Gasteiger partial charge is 0.244 e. The number of hydrogen-bond donors (Lipinski definition) is 1. The molecule has 0 bridgehead atoms. The number of ether oxygens (including phenoxy) is 1. The number of amides is 1. The second-order valence-electron chi connectivity index (χ2n) is 6.65. The summed E-state index contributed by atoms with van der Waals surface area (Å²) in [7, 11) is 0. The summed E-state index contributed by atoms with van der Waals surface area (Å²) in [6.45, 7) is 5.06. The van der Waals surface area contributed by atoms with Crippen LogP contribution >= 0.6 is 22.7 Å². The van der Waals surface area contributed by atoms with Crippen molar-refractivity contribution >= 4 is 34.7 Å². The Morgan fingerprint density at radius 3 is 2.76 bits per heavy atom. The van der Waals surface area contributed by atoms with E-state index < -0.39 is 0 Å². The fourth-order valence-electron chi connectivity index (χ4n) is 2.73. The molecule has 1 amide bonds. The maximum absolute atomic E-state index is 12.1. The number of hydrogen-bond acceptors (Lipinski definition) is 6. The molecule has 0 aliphatic heterocycles. The first-order chi connectivity index (χ1) is 14.1. The van der Waals surface area contributed by atoms with E-state index in [1.165, 1.54) is 0 Å². The fraction of sp³-hybridized carbons (Fsp3) is 0.318. The van der Waals surface area contributed by atoms with Crippen molar-refractivity contribution in [2.45, 2.75) is 39.7 Å².